The minimum absolute atomic E-state index is 0.0687. The van der Waals surface area contributed by atoms with Crippen molar-refractivity contribution in [3.8, 4) is 0 Å². The van der Waals surface area contributed by atoms with E-state index >= 15 is 0 Å². The molecule has 5 rings (SSSR count). The van der Waals surface area contributed by atoms with Crippen LogP contribution < -0.4 is 15.5 Å². The molecule has 1 fully saturated rings. The Bertz CT molecular complexity index is 1410. The van der Waals surface area contributed by atoms with Gasteiger partial charge in [-0.1, -0.05) is 6.07 Å². The summed E-state index contributed by atoms with van der Waals surface area (Å²) in [6, 6.07) is 17.5. The lowest BCUT2D eigenvalue weighted by Crippen LogP contribution is -2.44. The molecule has 184 valence electrons. The second kappa shape index (κ2) is 10.0. The number of carbonyl (C=O) groups excluding carboxylic acids is 2. The fraction of sp³-hybridized carbons (Fsp3) is 0.259. The summed E-state index contributed by atoms with van der Waals surface area (Å²) in [6.45, 7) is 3.98. The van der Waals surface area contributed by atoms with Crippen molar-refractivity contribution in [1.82, 2.24) is 14.9 Å². The van der Waals surface area contributed by atoms with E-state index in [0.29, 0.717) is 15.6 Å². The van der Waals surface area contributed by atoms with Gasteiger partial charge in [0.05, 0.1) is 5.52 Å². The number of ketones is 1. The largest absolute Gasteiger partial charge is 0.369 e. The van der Waals surface area contributed by atoms with Gasteiger partial charge in [-0.3, -0.25) is 14.6 Å². The number of rotatable bonds is 7. The van der Waals surface area contributed by atoms with Crippen LogP contribution in [-0.2, 0) is 6.42 Å². The van der Waals surface area contributed by atoms with Crippen molar-refractivity contribution in [3.05, 3.63) is 76.9 Å². The van der Waals surface area contributed by atoms with Crippen molar-refractivity contribution >= 4 is 50.4 Å². The van der Waals surface area contributed by atoms with E-state index in [1.54, 1.807) is 6.20 Å². The molecule has 1 aliphatic rings. The van der Waals surface area contributed by atoms with Crippen molar-refractivity contribution < 1.29 is 9.59 Å². The maximum absolute atomic E-state index is 13.1. The van der Waals surface area contributed by atoms with E-state index < -0.39 is 5.91 Å². The van der Waals surface area contributed by atoms with Crippen LogP contribution in [0.4, 0.5) is 16.5 Å². The standard InChI is InChI=1S/C27H28N6O2S/c1-31-12-14-33(15-13-31)20-7-5-18(6-8-20)23(34)17-24-25(26(28)35)30-27(36-24)32(2)21-9-10-22-19(16-21)4-3-11-29-22/h3-11,16H,12-15,17H2,1-2H3,(H2,28,35). The van der Waals surface area contributed by atoms with Crippen molar-refractivity contribution in [3.63, 3.8) is 0 Å². The number of thiazole rings is 1. The monoisotopic (exact) mass is 500 g/mol. The summed E-state index contributed by atoms with van der Waals surface area (Å²) in [5, 5.41) is 1.60. The highest BCUT2D eigenvalue weighted by atomic mass is 32.1. The number of nitrogens with zero attached hydrogens (tertiary/aromatic N) is 5. The van der Waals surface area contributed by atoms with Crippen molar-refractivity contribution in [2.75, 3.05) is 50.1 Å². The molecule has 2 aromatic carbocycles. The summed E-state index contributed by atoms with van der Waals surface area (Å²) in [6.07, 6.45) is 1.83. The second-order valence-corrected chi connectivity index (χ2v) is 10.1. The third kappa shape index (κ3) is 4.93. The predicted molar refractivity (Wildman–Crippen MR) is 145 cm³/mol. The lowest BCUT2D eigenvalue weighted by molar-refractivity contribution is 0.0991. The summed E-state index contributed by atoms with van der Waals surface area (Å²) in [4.78, 5) is 41.2. The van der Waals surface area contributed by atoms with Crippen LogP contribution in [0.3, 0.4) is 0 Å². The van der Waals surface area contributed by atoms with Crippen LogP contribution in [0.5, 0.6) is 0 Å². The SMILES string of the molecule is CN1CCN(c2ccc(C(=O)Cc3sc(N(C)c4ccc5ncccc5c4)nc3C(N)=O)cc2)CC1. The highest BCUT2D eigenvalue weighted by molar-refractivity contribution is 7.16. The zero-order valence-corrected chi connectivity index (χ0v) is 21.2. The van der Waals surface area contributed by atoms with Crippen LogP contribution in [0.2, 0.25) is 0 Å². The first-order valence-corrected chi connectivity index (χ1v) is 12.7. The van der Waals surface area contributed by atoms with E-state index in [9.17, 15) is 9.59 Å². The smallest absolute Gasteiger partial charge is 0.268 e. The second-order valence-electron chi connectivity index (χ2n) is 9.01. The molecule has 2 aromatic heterocycles. The number of primary amides is 1. The first kappa shape index (κ1) is 23.9. The first-order valence-electron chi connectivity index (χ1n) is 11.8. The van der Waals surface area contributed by atoms with Crippen LogP contribution in [0.25, 0.3) is 10.9 Å². The Morgan fingerprint density at radius 2 is 1.81 bits per heavy atom. The highest BCUT2D eigenvalue weighted by Crippen LogP contribution is 2.32. The summed E-state index contributed by atoms with van der Waals surface area (Å²) in [7, 11) is 4.01. The molecule has 9 heteroatoms. The fourth-order valence-corrected chi connectivity index (χ4v) is 5.39. The molecular formula is C27H28N6O2S. The highest BCUT2D eigenvalue weighted by Gasteiger charge is 2.22. The molecular weight excluding hydrogens is 472 g/mol. The molecule has 1 amide bonds. The molecule has 36 heavy (non-hydrogen) atoms. The van der Waals surface area contributed by atoms with Gasteiger partial charge in [0.25, 0.3) is 5.91 Å². The fourth-order valence-electron chi connectivity index (χ4n) is 4.35. The number of likely N-dealkylation sites (N-methyl/N-ethyl adjacent to an activating group) is 1. The minimum Gasteiger partial charge on any atom is -0.369 e. The number of pyridine rings is 1. The van der Waals surface area contributed by atoms with Gasteiger partial charge in [0, 0.05) is 73.0 Å². The van der Waals surface area contributed by atoms with Crippen molar-refractivity contribution in [2.24, 2.45) is 5.73 Å². The number of aromatic nitrogens is 2. The quantitative estimate of drug-likeness (QED) is 0.386. The Labute approximate surface area is 214 Å². The van der Waals surface area contributed by atoms with Gasteiger partial charge in [-0.25, -0.2) is 4.98 Å². The van der Waals surface area contributed by atoms with Crippen molar-refractivity contribution in [2.45, 2.75) is 6.42 Å². The molecule has 0 aliphatic carbocycles. The molecule has 0 radical (unpaired) electrons. The van der Waals surface area contributed by atoms with Crippen LogP contribution in [-0.4, -0.2) is 66.8 Å². The lowest BCUT2D eigenvalue weighted by atomic mass is 10.1. The number of anilines is 3. The van der Waals surface area contributed by atoms with E-state index in [1.807, 2.05) is 66.5 Å². The number of hydrogen-bond donors (Lipinski definition) is 1. The number of carbonyl (C=O) groups is 2. The maximum Gasteiger partial charge on any atom is 0.268 e. The summed E-state index contributed by atoms with van der Waals surface area (Å²) < 4.78 is 0. The summed E-state index contributed by atoms with van der Waals surface area (Å²) >= 11 is 1.31. The maximum atomic E-state index is 13.1. The Morgan fingerprint density at radius 3 is 2.53 bits per heavy atom. The molecule has 1 saturated heterocycles. The number of amides is 1. The molecule has 3 heterocycles. The molecule has 1 aliphatic heterocycles. The van der Waals surface area contributed by atoms with E-state index in [1.165, 1.54) is 11.3 Å². The number of fused-ring (bicyclic) bond motifs is 1. The molecule has 4 aromatic rings. The Kier molecular flexibility index (Phi) is 6.67. The van der Waals surface area contributed by atoms with E-state index in [-0.39, 0.29) is 17.9 Å². The van der Waals surface area contributed by atoms with Gasteiger partial charge in [0.15, 0.2) is 10.9 Å². The predicted octanol–water partition coefficient (Wildman–Crippen LogP) is 3.74. The van der Waals surface area contributed by atoms with Crippen LogP contribution >= 0.6 is 11.3 Å². The number of nitrogens with two attached hydrogens (primary N) is 1. The van der Waals surface area contributed by atoms with Crippen LogP contribution in [0.1, 0.15) is 25.7 Å². The van der Waals surface area contributed by atoms with Gasteiger partial charge < -0.3 is 20.4 Å². The number of hydrogen-bond acceptors (Lipinski definition) is 8. The van der Waals surface area contributed by atoms with Gasteiger partial charge in [0.2, 0.25) is 0 Å². The third-order valence-electron chi connectivity index (χ3n) is 6.56. The first-order chi connectivity index (χ1) is 17.4. The zero-order valence-electron chi connectivity index (χ0n) is 20.3. The molecule has 0 bridgehead atoms. The number of Topliss-reactive ketones (excluding diaryl/α,β-unsaturated/α-hetero) is 1. The average Bonchev–Trinajstić information content (AvgIpc) is 3.32. The molecule has 2 N–H and O–H groups in total. The molecule has 8 nitrogen and oxygen atoms in total. The zero-order chi connectivity index (χ0) is 25.2. The topological polar surface area (TPSA) is 95.7 Å². The van der Waals surface area contributed by atoms with Gasteiger partial charge in [-0.2, -0.15) is 0 Å². The van der Waals surface area contributed by atoms with E-state index in [4.69, 9.17) is 5.73 Å². The Hall–Kier alpha value is -3.82. The third-order valence-corrected chi connectivity index (χ3v) is 7.69. The molecule has 0 saturated carbocycles. The number of piperazine rings is 1. The summed E-state index contributed by atoms with van der Waals surface area (Å²) in [5.41, 5.74) is 9.29. The molecule has 0 unspecified atom stereocenters. The van der Waals surface area contributed by atoms with Gasteiger partial charge in [-0.15, -0.1) is 11.3 Å². The van der Waals surface area contributed by atoms with Gasteiger partial charge >= 0.3 is 0 Å². The molecule has 0 spiro atoms. The van der Waals surface area contributed by atoms with E-state index in [0.717, 1.165) is 48.5 Å². The summed E-state index contributed by atoms with van der Waals surface area (Å²) in [5.74, 6) is -0.709. The van der Waals surface area contributed by atoms with Crippen LogP contribution in [0, 0.1) is 0 Å². The molecule has 0 atom stereocenters. The minimum atomic E-state index is -0.637. The normalized spacial score (nSPS) is 14.2. The van der Waals surface area contributed by atoms with Crippen molar-refractivity contribution in [1.29, 1.82) is 0 Å². The van der Waals surface area contributed by atoms with E-state index in [2.05, 4.69) is 26.8 Å². The lowest BCUT2D eigenvalue weighted by Gasteiger charge is -2.34. The Morgan fingerprint density at radius 1 is 1.06 bits per heavy atom. The number of benzene rings is 2. The van der Waals surface area contributed by atoms with Crippen LogP contribution in [0.15, 0.2) is 60.8 Å². The average molecular weight is 501 g/mol. The van der Waals surface area contributed by atoms with Gasteiger partial charge in [-0.05, 0) is 55.6 Å². The Balaban J connectivity index is 1.34. The van der Waals surface area contributed by atoms with Gasteiger partial charge in [0.1, 0.15) is 5.69 Å².